The number of hydrogen-bond donors (Lipinski definition) is 1. The fraction of sp³-hybridized carbons (Fsp3) is 0.250. The first kappa shape index (κ1) is 12.3. The van der Waals surface area contributed by atoms with Gasteiger partial charge in [0, 0.05) is 17.8 Å². The lowest BCUT2D eigenvalue weighted by molar-refractivity contribution is 0.534. The Labute approximate surface area is 110 Å². The number of anilines is 1. The van der Waals surface area contributed by atoms with Gasteiger partial charge in [-0.2, -0.15) is 5.10 Å². The van der Waals surface area contributed by atoms with Gasteiger partial charge in [0.1, 0.15) is 5.69 Å². The highest BCUT2D eigenvalue weighted by Crippen LogP contribution is 2.30. The van der Waals surface area contributed by atoms with E-state index in [1.807, 2.05) is 30.8 Å². The Hall–Kier alpha value is -1.19. The van der Waals surface area contributed by atoms with Crippen LogP contribution in [0.4, 0.5) is 5.69 Å². The molecule has 0 aliphatic carbocycles. The summed E-state index contributed by atoms with van der Waals surface area (Å²) in [6.45, 7) is 4.09. The van der Waals surface area contributed by atoms with Gasteiger partial charge >= 0.3 is 0 Å². The van der Waals surface area contributed by atoms with Crippen LogP contribution in [0.2, 0.25) is 10.0 Å². The van der Waals surface area contributed by atoms with Gasteiger partial charge in [-0.1, -0.05) is 29.3 Å². The van der Waals surface area contributed by atoms with Gasteiger partial charge in [0.25, 0.3) is 0 Å². The minimum absolute atomic E-state index is 0.272. The number of halogens is 2. The predicted molar refractivity (Wildman–Crippen MR) is 72.5 cm³/mol. The lowest BCUT2D eigenvalue weighted by Gasteiger charge is -2.04. The van der Waals surface area contributed by atoms with Crippen molar-refractivity contribution in [2.24, 2.45) is 0 Å². The molecule has 90 valence electrons. The third kappa shape index (κ3) is 2.40. The number of nitrogen functional groups attached to an aromatic ring is 1. The largest absolute Gasteiger partial charge is 0.396 e. The Morgan fingerprint density at radius 2 is 1.94 bits per heavy atom. The molecular weight excluding hydrogens is 257 g/mol. The first-order chi connectivity index (χ1) is 7.99. The number of rotatable bonds is 2. The van der Waals surface area contributed by atoms with Crippen LogP contribution >= 0.6 is 23.2 Å². The third-order valence-electron chi connectivity index (χ3n) is 2.48. The van der Waals surface area contributed by atoms with Crippen molar-refractivity contribution in [3.8, 4) is 11.3 Å². The van der Waals surface area contributed by atoms with Crippen LogP contribution in [0.1, 0.15) is 19.9 Å². The molecule has 2 aromatic rings. The van der Waals surface area contributed by atoms with Crippen molar-refractivity contribution in [2.75, 3.05) is 5.73 Å². The highest BCUT2D eigenvalue weighted by atomic mass is 35.5. The molecule has 0 saturated heterocycles. The van der Waals surface area contributed by atoms with Gasteiger partial charge in [-0.25, -0.2) is 0 Å². The molecule has 5 heteroatoms. The maximum atomic E-state index is 5.98. The lowest BCUT2D eigenvalue weighted by atomic mass is 10.1. The Bertz CT molecular complexity index is 547. The summed E-state index contributed by atoms with van der Waals surface area (Å²) in [5, 5.41) is 5.47. The van der Waals surface area contributed by atoms with E-state index in [0.29, 0.717) is 15.7 Å². The normalized spacial score (nSPS) is 11.1. The van der Waals surface area contributed by atoms with Crippen LogP contribution in [-0.2, 0) is 0 Å². The number of nitrogens with two attached hydrogens (primary N) is 1. The molecule has 0 fully saturated rings. The molecular formula is C12H13Cl2N3. The van der Waals surface area contributed by atoms with E-state index in [4.69, 9.17) is 28.9 Å². The predicted octanol–water partition coefficient (Wildman–Crippen LogP) is 4.02. The van der Waals surface area contributed by atoms with E-state index in [2.05, 4.69) is 5.10 Å². The summed E-state index contributed by atoms with van der Waals surface area (Å²) in [5.41, 5.74) is 8.18. The van der Waals surface area contributed by atoms with Crippen molar-refractivity contribution >= 4 is 28.9 Å². The van der Waals surface area contributed by atoms with Crippen molar-refractivity contribution in [3.63, 3.8) is 0 Å². The van der Waals surface area contributed by atoms with Gasteiger partial charge in [0.2, 0.25) is 0 Å². The molecule has 1 aromatic heterocycles. The van der Waals surface area contributed by atoms with Crippen LogP contribution in [-0.4, -0.2) is 9.78 Å². The second-order valence-corrected chi connectivity index (χ2v) is 4.95. The van der Waals surface area contributed by atoms with Gasteiger partial charge in [0.15, 0.2) is 0 Å². The smallest absolute Gasteiger partial charge is 0.115 e. The molecule has 17 heavy (non-hydrogen) atoms. The number of hydrogen-bond acceptors (Lipinski definition) is 2. The van der Waals surface area contributed by atoms with Crippen molar-refractivity contribution in [1.82, 2.24) is 9.78 Å². The molecule has 0 saturated carbocycles. The third-order valence-corrected chi connectivity index (χ3v) is 3.22. The standard InChI is InChI=1S/C12H13Cl2N3/c1-7(2)17-6-11(15)12(16-17)8-3-4-9(13)10(14)5-8/h3-7H,15H2,1-2H3. The lowest BCUT2D eigenvalue weighted by Crippen LogP contribution is -2.00. The summed E-state index contributed by atoms with van der Waals surface area (Å²) in [6, 6.07) is 5.64. The van der Waals surface area contributed by atoms with Crippen molar-refractivity contribution in [3.05, 3.63) is 34.4 Å². The molecule has 1 heterocycles. The maximum absolute atomic E-state index is 5.98. The zero-order chi connectivity index (χ0) is 12.6. The molecule has 1 aromatic carbocycles. The Morgan fingerprint density at radius 1 is 1.24 bits per heavy atom. The Balaban J connectivity index is 2.49. The molecule has 0 aliphatic rings. The SMILES string of the molecule is CC(C)n1cc(N)c(-c2ccc(Cl)c(Cl)c2)n1. The highest BCUT2D eigenvalue weighted by Gasteiger charge is 2.11. The molecule has 3 nitrogen and oxygen atoms in total. The quantitative estimate of drug-likeness (QED) is 0.895. The molecule has 0 radical (unpaired) electrons. The summed E-state index contributed by atoms with van der Waals surface area (Å²) in [6.07, 6.45) is 1.82. The van der Waals surface area contributed by atoms with E-state index in [-0.39, 0.29) is 6.04 Å². The fourth-order valence-corrected chi connectivity index (χ4v) is 1.84. The summed E-state index contributed by atoms with van der Waals surface area (Å²) >= 11 is 11.9. The minimum Gasteiger partial charge on any atom is -0.396 e. The summed E-state index contributed by atoms with van der Waals surface area (Å²) < 4.78 is 1.83. The van der Waals surface area contributed by atoms with Crippen LogP contribution < -0.4 is 5.73 Å². The Kier molecular flexibility index (Phi) is 3.31. The van der Waals surface area contributed by atoms with Crippen LogP contribution in [0.15, 0.2) is 24.4 Å². The second kappa shape index (κ2) is 4.59. The first-order valence-corrected chi connectivity index (χ1v) is 6.04. The first-order valence-electron chi connectivity index (χ1n) is 5.29. The second-order valence-electron chi connectivity index (χ2n) is 4.14. The van der Waals surface area contributed by atoms with Crippen LogP contribution in [0.3, 0.4) is 0 Å². The molecule has 0 unspecified atom stereocenters. The minimum atomic E-state index is 0.272. The average molecular weight is 270 g/mol. The van der Waals surface area contributed by atoms with Gasteiger partial charge in [-0.15, -0.1) is 0 Å². The monoisotopic (exact) mass is 269 g/mol. The van der Waals surface area contributed by atoms with Crippen LogP contribution in [0, 0.1) is 0 Å². The number of nitrogens with zero attached hydrogens (tertiary/aromatic N) is 2. The van der Waals surface area contributed by atoms with E-state index in [0.717, 1.165) is 11.3 Å². The van der Waals surface area contributed by atoms with Gasteiger partial charge < -0.3 is 5.73 Å². The molecule has 2 N–H and O–H groups in total. The van der Waals surface area contributed by atoms with Gasteiger partial charge in [-0.05, 0) is 26.0 Å². The van der Waals surface area contributed by atoms with Gasteiger partial charge in [0.05, 0.1) is 15.7 Å². The number of benzene rings is 1. The molecule has 0 bridgehead atoms. The summed E-state index contributed by atoms with van der Waals surface area (Å²) in [7, 11) is 0. The molecule has 0 atom stereocenters. The van der Waals surface area contributed by atoms with E-state index in [1.54, 1.807) is 12.1 Å². The summed E-state index contributed by atoms with van der Waals surface area (Å²) in [5.74, 6) is 0. The van der Waals surface area contributed by atoms with E-state index < -0.39 is 0 Å². The maximum Gasteiger partial charge on any atom is 0.115 e. The summed E-state index contributed by atoms with van der Waals surface area (Å²) in [4.78, 5) is 0. The van der Waals surface area contributed by atoms with Crippen molar-refractivity contribution in [1.29, 1.82) is 0 Å². The zero-order valence-corrected chi connectivity index (χ0v) is 11.1. The fourth-order valence-electron chi connectivity index (χ4n) is 1.54. The van der Waals surface area contributed by atoms with E-state index in [1.165, 1.54) is 0 Å². The van der Waals surface area contributed by atoms with Crippen molar-refractivity contribution < 1.29 is 0 Å². The van der Waals surface area contributed by atoms with E-state index >= 15 is 0 Å². The zero-order valence-electron chi connectivity index (χ0n) is 9.61. The van der Waals surface area contributed by atoms with E-state index in [9.17, 15) is 0 Å². The molecule has 0 aliphatic heterocycles. The molecule has 0 spiro atoms. The topological polar surface area (TPSA) is 43.8 Å². The van der Waals surface area contributed by atoms with Crippen LogP contribution in [0.5, 0.6) is 0 Å². The molecule has 2 rings (SSSR count). The number of aromatic nitrogens is 2. The average Bonchev–Trinajstić information content (AvgIpc) is 2.65. The highest BCUT2D eigenvalue weighted by molar-refractivity contribution is 6.42. The van der Waals surface area contributed by atoms with Crippen LogP contribution in [0.25, 0.3) is 11.3 Å². The van der Waals surface area contributed by atoms with Gasteiger partial charge in [-0.3, -0.25) is 4.68 Å². The molecule has 0 amide bonds. The Morgan fingerprint density at radius 3 is 2.47 bits per heavy atom. The van der Waals surface area contributed by atoms with Crippen molar-refractivity contribution in [2.45, 2.75) is 19.9 Å².